The lowest BCUT2D eigenvalue weighted by Crippen LogP contribution is -2.34. The van der Waals surface area contributed by atoms with Gasteiger partial charge in [-0.15, -0.1) is 10.2 Å². The van der Waals surface area contributed by atoms with Crippen LogP contribution < -0.4 is 0 Å². The van der Waals surface area contributed by atoms with E-state index in [1.807, 2.05) is 27.7 Å². The molecule has 1 aliphatic carbocycles. The highest BCUT2D eigenvalue weighted by atomic mass is 32.2. The van der Waals surface area contributed by atoms with Crippen molar-refractivity contribution in [2.75, 3.05) is 5.75 Å². The Balaban J connectivity index is 1.62. The second kappa shape index (κ2) is 7.17. The van der Waals surface area contributed by atoms with Crippen LogP contribution >= 0.6 is 11.8 Å². The molecule has 6 heteroatoms. The van der Waals surface area contributed by atoms with Gasteiger partial charge in [-0.3, -0.25) is 4.79 Å². The molecule has 0 N–H and O–H groups in total. The summed E-state index contributed by atoms with van der Waals surface area (Å²) in [6.07, 6.45) is 3.96. The van der Waals surface area contributed by atoms with Gasteiger partial charge in [0.2, 0.25) is 5.91 Å². The molecule has 0 spiro atoms. The molecule has 1 saturated carbocycles. The van der Waals surface area contributed by atoms with Crippen LogP contribution in [0.1, 0.15) is 38.3 Å². The topological polar surface area (TPSA) is 51.0 Å². The Morgan fingerprint density at radius 3 is 2.74 bits per heavy atom. The van der Waals surface area contributed by atoms with E-state index in [1.54, 1.807) is 6.33 Å². The van der Waals surface area contributed by atoms with E-state index in [0.29, 0.717) is 24.4 Å². The van der Waals surface area contributed by atoms with E-state index >= 15 is 0 Å². The van der Waals surface area contributed by atoms with Gasteiger partial charge in [-0.1, -0.05) is 42.1 Å². The molecule has 0 aliphatic heterocycles. The second-order valence-electron chi connectivity index (χ2n) is 6.14. The SMILES string of the molecule is CC(C)n1cnnc1SCC(=O)N(Cc1ccccc1)C1CC1. The van der Waals surface area contributed by atoms with E-state index in [1.165, 1.54) is 17.3 Å². The minimum absolute atomic E-state index is 0.180. The average Bonchev–Trinajstić information content (AvgIpc) is 3.28. The normalized spacial score (nSPS) is 14.2. The maximum absolute atomic E-state index is 12.7. The highest BCUT2D eigenvalue weighted by Gasteiger charge is 2.32. The molecule has 0 atom stereocenters. The molecule has 0 unspecified atom stereocenters. The number of hydrogen-bond acceptors (Lipinski definition) is 4. The third kappa shape index (κ3) is 4.13. The van der Waals surface area contributed by atoms with Crippen LogP contribution in [0.25, 0.3) is 0 Å². The van der Waals surface area contributed by atoms with Crippen LogP contribution in [0.5, 0.6) is 0 Å². The summed E-state index contributed by atoms with van der Waals surface area (Å²) in [6, 6.07) is 10.9. The number of nitrogens with zero attached hydrogens (tertiary/aromatic N) is 4. The van der Waals surface area contributed by atoms with Gasteiger partial charge in [0.05, 0.1) is 5.75 Å². The number of benzene rings is 1. The van der Waals surface area contributed by atoms with Gasteiger partial charge in [0.25, 0.3) is 0 Å². The van der Waals surface area contributed by atoms with E-state index in [9.17, 15) is 4.79 Å². The summed E-state index contributed by atoms with van der Waals surface area (Å²) in [5.74, 6) is 0.592. The zero-order chi connectivity index (χ0) is 16.2. The number of amides is 1. The van der Waals surface area contributed by atoms with Crippen LogP contribution in [0.2, 0.25) is 0 Å². The Morgan fingerprint density at radius 2 is 2.09 bits per heavy atom. The smallest absolute Gasteiger partial charge is 0.233 e. The van der Waals surface area contributed by atoms with Gasteiger partial charge < -0.3 is 9.47 Å². The molecule has 122 valence electrons. The first-order chi connectivity index (χ1) is 11.1. The Bertz CT molecular complexity index is 652. The summed E-state index contributed by atoms with van der Waals surface area (Å²) in [4.78, 5) is 14.7. The van der Waals surface area contributed by atoms with Gasteiger partial charge in [-0.25, -0.2) is 0 Å². The Hall–Kier alpha value is -1.82. The largest absolute Gasteiger partial charge is 0.335 e. The van der Waals surface area contributed by atoms with E-state index in [4.69, 9.17) is 0 Å². The Labute approximate surface area is 141 Å². The maximum atomic E-state index is 12.7. The van der Waals surface area contributed by atoms with Crippen LogP contribution in [-0.4, -0.2) is 37.4 Å². The predicted octanol–water partition coefficient (Wildman–Crippen LogP) is 3.14. The Kier molecular flexibility index (Phi) is 5.00. The van der Waals surface area contributed by atoms with Crippen LogP contribution in [0.4, 0.5) is 0 Å². The fourth-order valence-electron chi connectivity index (χ4n) is 2.49. The van der Waals surface area contributed by atoms with E-state index < -0.39 is 0 Å². The summed E-state index contributed by atoms with van der Waals surface area (Å²) < 4.78 is 2.00. The molecule has 1 aromatic heterocycles. The van der Waals surface area contributed by atoms with Crippen LogP contribution in [0.3, 0.4) is 0 Å². The summed E-state index contributed by atoms with van der Waals surface area (Å²) in [7, 11) is 0. The monoisotopic (exact) mass is 330 g/mol. The van der Waals surface area contributed by atoms with Gasteiger partial charge >= 0.3 is 0 Å². The van der Waals surface area contributed by atoms with E-state index in [2.05, 4.69) is 36.2 Å². The molecule has 1 amide bonds. The first kappa shape index (κ1) is 16.1. The van der Waals surface area contributed by atoms with Gasteiger partial charge in [-0.05, 0) is 32.3 Å². The van der Waals surface area contributed by atoms with Gasteiger partial charge in [0.15, 0.2) is 5.16 Å². The lowest BCUT2D eigenvalue weighted by atomic mass is 10.2. The lowest BCUT2D eigenvalue weighted by molar-refractivity contribution is -0.129. The Morgan fingerprint density at radius 1 is 1.35 bits per heavy atom. The van der Waals surface area contributed by atoms with Crippen molar-refractivity contribution in [1.29, 1.82) is 0 Å². The highest BCUT2D eigenvalue weighted by molar-refractivity contribution is 7.99. The quantitative estimate of drug-likeness (QED) is 0.732. The molecule has 23 heavy (non-hydrogen) atoms. The summed E-state index contributed by atoms with van der Waals surface area (Å²) in [5.41, 5.74) is 1.18. The summed E-state index contributed by atoms with van der Waals surface area (Å²) in [6.45, 7) is 4.87. The van der Waals surface area contributed by atoms with Crippen LogP contribution in [0, 0.1) is 0 Å². The molecule has 1 fully saturated rings. The zero-order valence-electron chi connectivity index (χ0n) is 13.6. The van der Waals surface area contributed by atoms with Crippen molar-refractivity contribution in [1.82, 2.24) is 19.7 Å². The van der Waals surface area contributed by atoms with Crippen molar-refractivity contribution < 1.29 is 4.79 Å². The fraction of sp³-hybridized carbons (Fsp3) is 0.471. The fourth-order valence-corrected chi connectivity index (χ4v) is 3.42. The minimum Gasteiger partial charge on any atom is -0.335 e. The summed E-state index contributed by atoms with van der Waals surface area (Å²) >= 11 is 1.47. The molecule has 1 aliphatic rings. The van der Waals surface area contributed by atoms with Gasteiger partial charge in [0.1, 0.15) is 6.33 Å². The third-order valence-electron chi connectivity index (χ3n) is 3.93. The van der Waals surface area contributed by atoms with Crippen molar-refractivity contribution in [2.45, 2.75) is 50.5 Å². The second-order valence-corrected chi connectivity index (χ2v) is 7.08. The molecular formula is C17H22N4OS. The average molecular weight is 330 g/mol. The maximum Gasteiger partial charge on any atom is 0.233 e. The number of rotatable bonds is 7. The first-order valence-electron chi connectivity index (χ1n) is 8.01. The zero-order valence-corrected chi connectivity index (χ0v) is 14.4. The molecule has 5 nitrogen and oxygen atoms in total. The molecule has 0 saturated heterocycles. The number of aromatic nitrogens is 3. The molecule has 1 aromatic carbocycles. The van der Waals surface area contributed by atoms with Crippen molar-refractivity contribution in [2.24, 2.45) is 0 Å². The van der Waals surface area contributed by atoms with Crippen molar-refractivity contribution in [3.63, 3.8) is 0 Å². The minimum atomic E-state index is 0.180. The number of carbonyl (C=O) groups excluding carboxylic acids is 1. The van der Waals surface area contributed by atoms with Crippen molar-refractivity contribution in [3.8, 4) is 0 Å². The van der Waals surface area contributed by atoms with E-state index in [0.717, 1.165) is 18.0 Å². The molecule has 3 rings (SSSR count). The third-order valence-corrected chi connectivity index (χ3v) is 4.87. The molecule has 0 bridgehead atoms. The highest BCUT2D eigenvalue weighted by Crippen LogP contribution is 2.29. The molecular weight excluding hydrogens is 308 g/mol. The number of carbonyl (C=O) groups is 1. The molecule has 0 radical (unpaired) electrons. The number of thioether (sulfide) groups is 1. The van der Waals surface area contributed by atoms with Crippen LogP contribution in [0.15, 0.2) is 41.8 Å². The standard InChI is InChI=1S/C17H22N4OS/c1-13(2)21-12-18-19-17(21)23-11-16(22)20(15-8-9-15)10-14-6-4-3-5-7-14/h3-7,12-13,15H,8-11H2,1-2H3. The van der Waals surface area contributed by atoms with Crippen molar-refractivity contribution in [3.05, 3.63) is 42.2 Å². The van der Waals surface area contributed by atoms with Crippen molar-refractivity contribution >= 4 is 17.7 Å². The number of hydrogen-bond donors (Lipinski definition) is 0. The van der Waals surface area contributed by atoms with Crippen LogP contribution in [-0.2, 0) is 11.3 Å². The summed E-state index contributed by atoms with van der Waals surface area (Å²) in [5, 5.41) is 8.88. The predicted molar refractivity (Wildman–Crippen MR) is 91.1 cm³/mol. The van der Waals surface area contributed by atoms with E-state index in [-0.39, 0.29) is 5.91 Å². The molecule has 1 heterocycles. The first-order valence-corrected chi connectivity index (χ1v) is 8.99. The lowest BCUT2D eigenvalue weighted by Gasteiger charge is -2.22. The van der Waals surface area contributed by atoms with Gasteiger partial charge in [0, 0.05) is 18.6 Å². The van der Waals surface area contributed by atoms with Gasteiger partial charge in [-0.2, -0.15) is 0 Å². The molecule has 2 aromatic rings.